The number of rotatable bonds is 5. The van der Waals surface area contributed by atoms with Crippen LogP contribution in [0.25, 0.3) is 0 Å². The van der Waals surface area contributed by atoms with Gasteiger partial charge in [0.2, 0.25) is 5.91 Å². The Balaban J connectivity index is 2.17. The Labute approximate surface area is 83.3 Å². The van der Waals surface area contributed by atoms with Crippen LogP contribution in [0.1, 0.15) is 25.7 Å². The third-order valence-electron chi connectivity index (χ3n) is 2.65. The molecule has 1 fully saturated rings. The van der Waals surface area contributed by atoms with Gasteiger partial charge in [0.05, 0.1) is 5.60 Å². The summed E-state index contributed by atoms with van der Waals surface area (Å²) in [6.07, 6.45) is 2.48. The van der Waals surface area contributed by atoms with E-state index in [1.54, 1.807) is 0 Å². The van der Waals surface area contributed by atoms with Crippen molar-refractivity contribution in [2.45, 2.75) is 37.4 Å². The van der Waals surface area contributed by atoms with E-state index in [2.05, 4.69) is 5.32 Å². The summed E-state index contributed by atoms with van der Waals surface area (Å²) in [5.74, 6) is -0.740. The highest BCUT2D eigenvalue weighted by atomic mass is 16.3. The van der Waals surface area contributed by atoms with Crippen LogP contribution in [-0.2, 0) is 4.79 Å². The Kier molecular flexibility index (Phi) is 3.86. The Morgan fingerprint density at radius 2 is 2.07 bits per heavy atom. The van der Waals surface area contributed by atoms with Crippen LogP contribution < -0.4 is 11.1 Å². The lowest BCUT2D eigenvalue weighted by Crippen LogP contribution is -2.44. The smallest absolute Gasteiger partial charge is 0.247 e. The quantitative estimate of drug-likeness (QED) is 0.447. The average Bonchev–Trinajstić information content (AvgIpc) is 2.52. The second-order valence-corrected chi connectivity index (χ2v) is 3.98. The van der Waals surface area contributed by atoms with E-state index in [9.17, 15) is 9.90 Å². The summed E-state index contributed by atoms with van der Waals surface area (Å²) in [6, 6.07) is 0. The van der Waals surface area contributed by atoms with E-state index >= 15 is 0 Å². The molecular formula is C9H18N2O3. The van der Waals surface area contributed by atoms with Crippen LogP contribution in [0, 0.1) is 0 Å². The normalized spacial score (nSPS) is 22.1. The van der Waals surface area contributed by atoms with Gasteiger partial charge in [-0.05, 0) is 12.8 Å². The van der Waals surface area contributed by atoms with E-state index in [1.807, 2.05) is 0 Å². The van der Waals surface area contributed by atoms with Gasteiger partial charge >= 0.3 is 0 Å². The zero-order chi connectivity index (χ0) is 10.6. The van der Waals surface area contributed by atoms with Gasteiger partial charge in [-0.3, -0.25) is 4.79 Å². The minimum atomic E-state index is -1.17. The Morgan fingerprint density at radius 3 is 2.57 bits per heavy atom. The van der Waals surface area contributed by atoms with Crippen LogP contribution in [0.2, 0.25) is 0 Å². The minimum absolute atomic E-state index is 0.109. The molecule has 1 atom stereocenters. The summed E-state index contributed by atoms with van der Waals surface area (Å²) in [4.78, 5) is 10.5. The number of nitrogens with one attached hydrogen (secondary N) is 1. The van der Waals surface area contributed by atoms with Gasteiger partial charge in [0.25, 0.3) is 0 Å². The number of hydrogen-bond donors (Lipinski definition) is 4. The topological polar surface area (TPSA) is 95.6 Å². The molecule has 0 saturated heterocycles. The molecule has 14 heavy (non-hydrogen) atoms. The van der Waals surface area contributed by atoms with Crippen molar-refractivity contribution < 1.29 is 15.0 Å². The van der Waals surface area contributed by atoms with Gasteiger partial charge in [0.1, 0.15) is 6.10 Å². The largest absolute Gasteiger partial charge is 0.389 e. The number of hydrogen-bond acceptors (Lipinski definition) is 4. The molecule has 0 spiro atoms. The van der Waals surface area contributed by atoms with Gasteiger partial charge in [0, 0.05) is 13.1 Å². The van der Waals surface area contributed by atoms with E-state index in [-0.39, 0.29) is 6.54 Å². The number of primary amides is 1. The fourth-order valence-electron chi connectivity index (χ4n) is 1.75. The summed E-state index contributed by atoms with van der Waals surface area (Å²) in [5.41, 5.74) is 4.22. The first-order chi connectivity index (χ1) is 6.53. The van der Waals surface area contributed by atoms with E-state index < -0.39 is 17.6 Å². The highest BCUT2D eigenvalue weighted by Gasteiger charge is 2.30. The van der Waals surface area contributed by atoms with Crippen molar-refractivity contribution in [3.05, 3.63) is 0 Å². The number of aliphatic hydroxyl groups is 2. The molecule has 1 amide bonds. The summed E-state index contributed by atoms with van der Waals surface area (Å²) in [7, 11) is 0. The van der Waals surface area contributed by atoms with Crippen molar-refractivity contribution in [2.24, 2.45) is 5.73 Å². The molecule has 0 aromatic rings. The Hall–Kier alpha value is -0.650. The monoisotopic (exact) mass is 202 g/mol. The number of amides is 1. The predicted octanol–water partition coefficient (Wildman–Crippen LogP) is -1.27. The minimum Gasteiger partial charge on any atom is -0.389 e. The van der Waals surface area contributed by atoms with Gasteiger partial charge in [-0.1, -0.05) is 12.8 Å². The third-order valence-corrected chi connectivity index (χ3v) is 2.65. The molecule has 0 bridgehead atoms. The third kappa shape index (κ3) is 3.25. The van der Waals surface area contributed by atoms with E-state index in [0.717, 1.165) is 25.7 Å². The molecule has 5 heteroatoms. The maximum atomic E-state index is 10.5. The summed E-state index contributed by atoms with van der Waals surface area (Å²) < 4.78 is 0. The average molecular weight is 202 g/mol. The molecule has 1 rings (SSSR count). The maximum Gasteiger partial charge on any atom is 0.247 e. The predicted molar refractivity (Wildman–Crippen MR) is 51.5 cm³/mol. The molecule has 1 aliphatic carbocycles. The summed E-state index contributed by atoms with van der Waals surface area (Å²) in [6.45, 7) is 0.523. The number of aliphatic hydroxyl groups excluding tert-OH is 1. The second kappa shape index (κ2) is 4.72. The molecule has 0 aliphatic heterocycles. The summed E-state index contributed by atoms with van der Waals surface area (Å²) >= 11 is 0. The molecule has 0 radical (unpaired) electrons. The first-order valence-corrected chi connectivity index (χ1v) is 4.94. The zero-order valence-corrected chi connectivity index (χ0v) is 8.20. The molecule has 0 aromatic heterocycles. The molecule has 1 saturated carbocycles. The molecule has 1 aliphatic rings. The van der Waals surface area contributed by atoms with Gasteiger partial charge in [0.15, 0.2) is 0 Å². The molecule has 1 unspecified atom stereocenters. The van der Waals surface area contributed by atoms with E-state index in [0.29, 0.717) is 6.54 Å². The Bertz CT molecular complexity index is 202. The van der Waals surface area contributed by atoms with E-state index in [4.69, 9.17) is 10.8 Å². The van der Waals surface area contributed by atoms with Crippen molar-refractivity contribution in [1.82, 2.24) is 5.32 Å². The SMILES string of the molecule is NC(=O)C(O)CNCC1(O)CCCC1. The number of carbonyl (C=O) groups excluding carboxylic acids is 1. The van der Waals surface area contributed by atoms with Crippen LogP contribution in [-0.4, -0.2) is 40.9 Å². The number of nitrogens with two attached hydrogens (primary N) is 1. The van der Waals surface area contributed by atoms with Gasteiger partial charge in [-0.2, -0.15) is 0 Å². The summed E-state index contributed by atoms with van der Waals surface area (Å²) in [5, 5.41) is 21.8. The zero-order valence-electron chi connectivity index (χ0n) is 8.20. The standard InChI is InChI=1S/C9H18N2O3/c10-8(13)7(12)5-11-6-9(14)3-1-2-4-9/h7,11-12,14H,1-6H2,(H2,10,13). The lowest BCUT2D eigenvalue weighted by molar-refractivity contribution is -0.125. The first kappa shape index (κ1) is 11.4. The number of carbonyl (C=O) groups is 1. The fraction of sp³-hybridized carbons (Fsp3) is 0.889. The second-order valence-electron chi connectivity index (χ2n) is 3.98. The molecule has 0 heterocycles. The van der Waals surface area contributed by atoms with Gasteiger partial charge in [-0.25, -0.2) is 0 Å². The Morgan fingerprint density at radius 1 is 1.50 bits per heavy atom. The lowest BCUT2D eigenvalue weighted by atomic mass is 10.0. The van der Waals surface area contributed by atoms with Crippen molar-refractivity contribution in [3.8, 4) is 0 Å². The van der Waals surface area contributed by atoms with Crippen molar-refractivity contribution in [2.75, 3.05) is 13.1 Å². The molecule has 82 valence electrons. The molecular weight excluding hydrogens is 184 g/mol. The highest BCUT2D eigenvalue weighted by Crippen LogP contribution is 2.28. The van der Waals surface area contributed by atoms with Crippen molar-refractivity contribution in [3.63, 3.8) is 0 Å². The van der Waals surface area contributed by atoms with Crippen LogP contribution in [0.3, 0.4) is 0 Å². The van der Waals surface area contributed by atoms with Crippen molar-refractivity contribution in [1.29, 1.82) is 0 Å². The fourth-order valence-corrected chi connectivity index (χ4v) is 1.75. The lowest BCUT2D eigenvalue weighted by Gasteiger charge is -2.22. The van der Waals surface area contributed by atoms with Gasteiger partial charge < -0.3 is 21.3 Å². The van der Waals surface area contributed by atoms with Crippen LogP contribution in [0.4, 0.5) is 0 Å². The maximum absolute atomic E-state index is 10.5. The van der Waals surface area contributed by atoms with Crippen molar-refractivity contribution >= 4 is 5.91 Å². The van der Waals surface area contributed by atoms with E-state index in [1.165, 1.54) is 0 Å². The van der Waals surface area contributed by atoms with Crippen LogP contribution in [0.15, 0.2) is 0 Å². The molecule has 0 aromatic carbocycles. The van der Waals surface area contributed by atoms with Gasteiger partial charge in [-0.15, -0.1) is 0 Å². The highest BCUT2D eigenvalue weighted by molar-refractivity contribution is 5.78. The van der Waals surface area contributed by atoms with Crippen LogP contribution in [0.5, 0.6) is 0 Å². The molecule has 5 nitrogen and oxygen atoms in total. The first-order valence-electron chi connectivity index (χ1n) is 4.94. The van der Waals surface area contributed by atoms with Crippen LogP contribution >= 0.6 is 0 Å². The molecule has 5 N–H and O–H groups in total.